The molecule has 3 nitrogen and oxygen atoms in total. The Bertz CT molecular complexity index is 1070. The molecule has 0 amide bonds. The summed E-state index contributed by atoms with van der Waals surface area (Å²) in [6, 6.07) is 17.7. The van der Waals surface area contributed by atoms with E-state index in [0.29, 0.717) is 6.42 Å². The first kappa shape index (κ1) is 19.8. The van der Waals surface area contributed by atoms with Gasteiger partial charge in [-0.3, -0.25) is 0 Å². The third-order valence-corrected chi connectivity index (χ3v) is 7.41. The average Bonchev–Trinajstić information content (AvgIpc) is 3.20. The van der Waals surface area contributed by atoms with Crippen molar-refractivity contribution in [3.8, 4) is 10.4 Å². The van der Waals surface area contributed by atoms with Crippen molar-refractivity contribution >= 4 is 38.8 Å². The van der Waals surface area contributed by atoms with Crippen LogP contribution in [-0.2, 0) is 10.2 Å². The van der Waals surface area contributed by atoms with Gasteiger partial charge < -0.3 is 9.90 Å². The third-order valence-electron chi connectivity index (χ3n) is 6.24. The van der Waals surface area contributed by atoms with Gasteiger partial charge in [0.1, 0.15) is 6.54 Å². The minimum absolute atomic E-state index is 0.00693. The first-order valence-corrected chi connectivity index (χ1v) is 11.1. The second kappa shape index (κ2) is 7.75. The molecule has 0 N–H and O–H groups in total. The highest BCUT2D eigenvalue weighted by molar-refractivity contribution is 7.22. The Morgan fingerprint density at radius 3 is 2.62 bits per heavy atom. The van der Waals surface area contributed by atoms with Crippen molar-refractivity contribution in [2.45, 2.75) is 51.9 Å². The largest absolute Gasteiger partial charge is 0.550 e. The van der Waals surface area contributed by atoms with Crippen LogP contribution < -0.4 is 5.11 Å². The maximum Gasteiger partial charge on any atom is 0.209 e. The predicted molar refractivity (Wildman–Crippen MR) is 119 cm³/mol. The molecule has 0 spiro atoms. The molecule has 4 rings (SSSR count). The molecule has 1 aliphatic rings. The molecular weight excluding hydrogens is 378 g/mol. The molecule has 0 radical (unpaired) electrons. The maximum absolute atomic E-state index is 10.6. The summed E-state index contributed by atoms with van der Waals surface area (Å²) in [7, 11) is 0. The fraction of sp³-hybridized carbons (Fsp3) is 0.360. The summed E-state index contributed by atoms with van der Waals surface area (Å²) in [6.07, 6.45) is 2.74. The highest BCUT2D eigenvalue weighted by Crippen LogP contribution is 2.43. The molecule has 1 aromatic heterocycles. The molecule has 0 fully saturated rings. The van der Waals surface area contributed by atoms with Crippen molar-refractivity contribution in [2.75, 3.05) is 6.54 Å². The van der Waals surface area contributed by atoms with Crippen molar-refractivity contribution in [2.24, 2.45) is 0 Å². The van der Waals surface area contributed by atoms with Crippen LogP contribution in [0.25, 0.3) is 20.5 Å². The van der Waals surface area contributed by atoms with Crippen molar-refractivity contribution in [3.05, 3.63) is 54.1 Å². The summed E-state index contributed by atoms with van der Waals surface area (Å²) in [4.78, 5) is 11.9. The topological polar surface area (TPSA) is 43.1 Å². The lowest BCUT2D eigenvalue weighted by atomic mass is 9.81. The van der Waals surface area contributed by atoms with Crippen LogP contribution in [-0.4, -0.2) is 22.8 Å². The predicted octanol–water partition coefficient (Wildman–Crippen LogP) is 5.27. The van der Waals surface area contributed by atoms with E-state index < -0.39 is 5.97 Å². The Balaban J connectivity index is 1.59. The molecule has 0 saturated heterocycles. The minimum atomic E-state index is -0.950. The van der Waals surface area contributed by atoms with Gasteiger partial charge in [0.05, 0.1) is 5.41 Å². The van der Waals surface area contributed by atoms with E-state index >= 15 is 0 Å². The maximum atomic E-state index is 10.6. The molecule has 4 heteroatoms. The van der Waals surface area contributed by atoms with Gasteiger partial charge in [-0.1, -0.05) is 18.2 Å². The van der Waals surface area contributed by atoms with E-state index in [1.807, 2.05) is 11.3 Å². The van der Waals surface area contributed by atoms with E-state index in [2.05, 4.69) is 73.9 Å². The Kier molecular flexibility index (Phi) is 5.30. The lowest BCUT2D eigenvalue weighted by Gasteiger charge is -2.15. The molecule has 3 aromatic rings. The summed E-state index contributed by atoms with van der Waals surface area (Å²) in [6.45, 7) is 7.75. The molecule has 0 unspecified atom stereocenters. The van der Waals surface area contributed by atoms with E-state index in [9.17, 15) is 9.90 Å². The molecule has 2 aromatic carbocycles. The zero-order chi connectivity index (χ0) is 20.6. The minimum Gasteiger partial charge on any atom is -0.550 e. The van der Waals surface area contributed by atoms with Gasteiger partial charge in [-0.05, 0) is 68.3 Å². The van der Waals surface area contributed by atoms with Gasteiger partial charge in [0, 0.05) is 40.5 Å². The van der Waals surface area contributed by atoms with Gasteiger partial charge in [0.25, 0.3) is 0 Å². The lowest BCUT2D eigenvalue weighted by Crippen LogP contribution is -2.26. The molecule has 0 saturated carbocycles. The molecule has 0 bridgehead atoms. The summed E-state index contributed by atoms with van der Waals surface area (Å²) in [5, 5.41) is 11.9. The Labute approximate surface area is 176 Å². The third kappa shape index (κ3) is 3.74. The highest BCUT2D eigenvalue weighted by atomic mass is 32.1. The number of aliphatic carboxylic acids is 1. The Morgan fingerprint density at radius 1 is 1.07 bits per heavy atom. The monoisotopic (exact) mass is 405 g/mol. The zero-order valence-electron chi connectivity index (χ0n) is 17.3. The van der Waals surface area contributed by atoms with Crippen LogP contribution in [0.15, 0.2) is 48.5 Å². The number of rotatable bonds is 7. The first-order chi connectivity index (χ1) is 13.9. The summed E-state index contributed by atoms with van der Waals surface area (Å²) in [5.41, 5.74) is 5.30. The summed E-state index contributed by atoms with van der Waals surface area (Å²) in [5.74, 6) is -0.950. The number of carboxylic acids is 1. The molecular formula is C25H27NO2S. The number of fused-ring (bicyclic) bond motifs is 2. The van der Waals surface area contributed by atoms with E-state index in [4.69, 9.17) is 0 Å². The molecule has 1 aliphatic heterocycles. The van der Waals surface area contributed by atoms with Crippen molar-refractivity contribution in [1.82, 2.24) is 0 Å². The molecule has 0 aliphatic carbocycles. The van der Waals surface area contributed by atoms with Crippen molar-refractivity contribution in [3.63, 3.8) is 0 Å². The van der Waals surface area contributed by atoms with E-state index in [-0.39, 0.29) is 11.8 Å². The number of hydrogen-bond donors (Lipinski definition) is 0. The van der Waals surface area contributed by atoms with Gasteiger partial charge in [-0.25, -0.2) is 0 Å². The summed E-state index contributed by atoms with van der Waals surface area (Å²) < 4.78 is 3.74. The fourth-order valence-corrected chi connectivity index (χ4v) is 5.33. The quantitative estimate of drug-likeness (QED) is 0.397. The number of thiophene rings is 1. The average molecular weight is 406 g/mol. The van der Waals surface area contributed by atoms with Gasteiger partial charge in [-0.15, -0.1) is 11.3 Å². The van der Waals surface area contributed by atoms with Crippen molar-refractivity contribution in [1.29, 1.82) is 0 Å². The first-order valence-electron chi connectivity index (χ1n) is 10.3. The highest BCUT2D eigenvalue weighted by Gasteiger charge is 2.42. The molecule has 29 heavy (non-hydrogen) atoms. The number of carbonyl (C=O) groups excluding carboxylic acids is 1. The zero-order valence-corrected chi connectivity index (χ0v) is 18.1. The molecule has 2 heterocycles. The normalized spacial score (nSPS) is 15.1. The van der Waals surface area contributed by atoms with Crippen molar-refractivity contribution < 1.29 is 14.5 Å². The van der Waals surface area contributed by atoms with Crippen LogP contribution in [0.4, 0.5) is 5.69 Å². The number of hydrogen-bond acceptors (Lipinski definition) is 3. The summed E-state index contributed by atoms with van der Waals surface area (Å²) >= 11 is 1.85. The van der Waals surface area contributed by atoms with E-state index in [1.54, 1.807) is 0 Å². The SMILES string of the molecule is CC1=[N+](CCCCCC(=O)[O-])c2ccc(-c3cc4ccccc4s3)cc2C1(C)C. The van der Waals surface area contributed by atoms with Crippen LogP contribution in [0.1, 0.15) is 52.0 Å². The van der Waals surface area contributed by atoms with Gasteiger partial charge in [0.2, 0.25) is 5.69 Å². The Morgan fingerprint density at radius 2 is 1.86 bits per heavy atom. The number of nitrogens with zero attached hydrogens (tertiary/aromatic N) is 1. The van der Waals surface area contributed by atoms with E-state index in [1.165, 1.54) is 37.5 Å². The number of benzene rings is 2. The fourth-order valence-electron chi connectivity index (χ4n) is 4.27. The lowest BCUT2D eigenvalue weighted by molar-refractivity contribution is -0.439. The van der Waals surface area contributed by atoms with Gasteiger partial charge in [0.15, 0.2) is 5.71 Å². The molecule has 150 valence electrons. The van der Waals surface area contributed by atoms with Gasteiger partial charge >= 0.3 is 0 Å². The van der Waals surface area contributed by atoms with Crippen LogP contribution >= 0.6 is 11.3 Å². The molecule has 0 atom stereocenters. The van der Waals surface area contributed by atoms with Crippen LogP contribution in [0.3, 0.4) is 0 Å². The van der Waals surface area contributed by atoms with Crippen LogP contribution in [0.5, 0.6) is 0 Å². The number of carboxylic acid groups (broad SMARTS) is 1. The second-order valence-electron chi connectivity index (χ2n) is 8.43. The number of unbranched alkanes of at least 4 members (excludes halogenated alkanes) is 2. The van der Waals surface area contributed by atoms with Crippen LogP contribution in [0, 0.1) is 0 Å². The standard InChI is InChI=1S/C25H27NO2S/c1-17-25(2,3)20-15-19(23-16-18-9-6-7-10-22(18)29-23)12-13-21(20)26(17)14-8-4-5-11-24(27)28/h6-7,9-10,12-13,15-16H,4-5,8,11,14H2,1-3H3. The number of carbonyl (C=O) groups is 1. The Hall–Kier alpha value is -2.46. The van der Waals surface area contributed by atoms with Crippen LogP contribution in [0.2, 0.25) is 0 Å². The van der Waals surface area contributed by atoms with Gasteiger partial charge in [-0.2, -0.15) is 4.58 Å². The smallest absolute Gasteiger partial charge is 0.209 e. The second-order valence-corrected chi connectivity index (χ2v) is 9.51. The van der Waals surface area contributed by atoms with E-state index in [0.717, 1.165) is 19.4 Å².